The van der Waals surface area contributed by atoms with Crippen molar-refractivity contribution < 1.29 is 23.4 Å². The summed E-state index contributed by atoms with van der Waals surface area (Å²) in [5.74, 6) is -3.22. The topological polar surface area (TPSA) is 58.6 Å². The number of rotatable bonds is 5. The van der Waals surface area contributed by atoms with E-state index in [1.807, 2.05) is 36.4 Å². The van der Waals surface area contributed by atoms with Crippen LogP contribution < -0.4 is 5.32 Å². The van der Waals surface area contributed by atoms with Crippen LogP contribution in [0.2, 0.25) is 0 Å². The Morgan fingerprint density at radius 3 is 2.30 bits per heavy atom. The Labute approximate surface area is 172 Å². The number of alkyl carbamates (subject to hydrolysis) is 1. The molecule has 0 radical (unpaired) electrons. The number of carbonyl (C=O) groups is 1. The Kier molecular flexibility index (Phi) is 5.48. The Morgan fingerprint density at radius 1 is 1.03 bits per heavy atom. The molecule has 0 spiro atoms. The van der Waals surface area contributed by atoms with Crippen molar-refractivity contribution in [3.05, 3.63) is 95.1 Å². The molecule has 0 heterocycles. The van der Waals surface area contributed by atoms with E-state index in [0.29, 0.717) is 0 Å². The molecule has 1 amide bonds. The summed E-state index contributed by atoms with van der Waals surface area (Å²) in [6, 6.07) is 18.2. The monoisotopic (exact) mass is 407 g/mol. The van der Waals surface area contributed by atoms with E-state index < -0.39 is 23.5 Å². The maximum Gasteiger partial charge on any atom is 0.407 e. The van der Waals surface area contributed by atoms with Gasteiger partial charge in [-0.15, -0.1) is 0 Å². The second-order valence-electron chi connectivity index (χ2n) is 6.94. The summed E-state index contributed by atoms with van der Waals surface area (Å²) < 4.78 is 31.8. The highest BCUT2D eigenvalue weighted by Crippen LogP contribution is 2.44. The van der Waals surface area contributed by atoms with Gasteiger partial charge in [0, 0.05) is 12.5 Å². The number of aromatic hydroxyl groups is 1. The van der Waals surface area contributed by atoms with E-state index in [-0.39, 0.29) is 24.6 Å². The van der Waals surface area contributed by atoms with E-state index in [2.05, 4.69) is 17.4 Å². The average Bonchev–Trinajstić information content (AvgIpc) is 3.07. The van der Waals surface area contributed by atoms with E-state index >= 15 is 0 Å². The third kappa shape index (κ3) is 3.89. The van der Waals surface area contributed by atoms with Crippen LogP contribution in [0.25, 0.3) is 17.2 Å². The van der Waals surface area contributed by atoms with Gasteiger partial charge < -0.3 is 15.2 Å². The zero-order chi connectivity index (χ0) is 21.1. The van der Waals surface area contributed by atoms with Crippen molar-refractivity contribution in [1.82, 2.24) is 5.32 Å². The first-order valence-electron chi connectivity index (χ1n) is 9.48. The first-order chi connectivity index (χ1) is 14.5. The fraction of sp³-hybridized carbons (Fsp3) is 0.125. The molecule has 1 aliphatic carbocycles. The average molecular weight is 407 g/mol. The molecular weight excluding hydrogens is 388 g/mol. The number of nitrogens with one attached hydrogen (secondary N) is 1. The lowest BCUT2D eigenvalue weighted by Gasteiger charge is -2.14. The van der Waals surface area contributed by atoms with Gasteiger partial charge >= 0.3 is 6.09 Å². The fourth-order valence-electron chi connectivity index (χ4n) is 3.68. The van der Waals surface area contributed by atoms with Crippen LogP contribution in [0.15, 0.2) is 66.7 Å². The molecule has 0 fully saturated rings. The first-order valence-corrected chi connectivity index (χ1v) is 9.48. The molecule has 0 atom stereocenters. The lowest BCUT2D eigenvalue weighted by atomic mass is 9.98. The summed E-state index contributed by atoms with van der Waals surface area (Å²) in [5.41, 5.74) is 4.84. The molecule has 0 bridgehead atoms. The number of fused-ring (bicyclic) bond motifs is 3. The molecule has 1 aliphatic rings. The van der Waals surface area contributed by atoms with Gasteiger partial charge in [0.15, 0.2) is 17.4 Å². The van der Waals surface area contributed by atoms with Gasteiger partial charge in [-0.2, -0.15) is 4.39 Å². The fourth-order valence-corrected chi connectivity index (χ4v) is 3.68. The molecular formula is C24H19F2NO3. The molecule has 3 aromatic carbocycles. The maximum absolute atomic E-state index is 13.3. The van der Waals surface area contributed by atoms with Crippen LogP contribution in [-0.2, 0) is 4.74 Å². The second kappa shape index (κ2) is 8.37. The summed E-state index contributed by atoms with van der Waals surface area (Å²) >= 11 is 0. The summed E-state index contributed by atoms with van der Waals surface area (Å²) in [5, 5.41) is 11.9. The maximum atomic E-state index is 13.3. The summed E-state index contributed by atoms with van der Waals surface area (Å²) in [4.78, 5) is 12.1. The number of phenolic OH excluding ortho intramolecular Hbond substituents is 1. The van der Waals surface area contributed by atoms with Crippen molar-refractivity contribution in [1.29, 1.82) is 0 Å². The predicted octanol–water partition coefficient (Wildman–Crippen LogP) is 5.22. The highest BCUT2D eigenvalue weighted by Gasteiger charge is 2.28. The number of halogens is 2. The van der Waals surface area contributed by atoms with Crippen molar-refractivity contribution in [3.8, 4) is 16.9 Å². The van der Waals surface area contributed by atoms with Gasteiger partial charge in [0.2, 0.25) is 0 Å². The molecule has 0 saturated heterocycles. The van der Waals surface area contributed by atoms with Crippen LogP contribution in [0.3, 0.4) is 0 Å². The summed E-state index contributed by atoms with van der Waals surface area (Å²) in [6.07, 6.45) is 2.44. The highest BCUT2D eigenvalue weighted by molar-refractivity contribution is 5.79. The molecule has 0 aliphatic heterocycles. The first kappa shape index (κ1) is 19.6. The lowest BCUT2D eigenvalue weighted by Crippen LogP contribution is -2.26. The third-order valence-corrected chi connectivity index (χ3v) is 5.05. The second-order valence-corrected chi connectivity index (χ2v) is 6.94. The standard InChI is InChI=1S/C24H19F2NO3/c25-21-12-15(13-22(28)23(21)26)6-5-11-27-24(29)30-14-20-18-9-3-1-7-16(18)17-8-2-4-10-19(17)20/h1-10,12-13,20,28H,11,14H2,(H,27,29). The number of carbonyl (C=O) groups excluding carboxylic acids is 1. The Hall–Kier alpha value is -3.67. The third-order valence-electron chi connectivity index (χ3n) is 5.05. The number of benzene rings is 3. The van der Waals surface area contributed by atoms with Crippen LogP contribution in [0.1, 0.15) is 22.6 Å². The molecule has 0 unspecified atom stereocenters. The zero-order valence-corrected chi connectivity index (χ0v) is 15.9. The van der Waals surface area contributed by atoms with E-state index in [1.165, 1.54) is 6.08 Å². The normalized spacial score (nSPS) is 12.6. The molecule has 4 nitrogen and oxygen atoms in total. The molecule has 2 N–H and O–H groups in total. The molecule has 3 aromatic rings. The van der Waals surface area contributed by atoms with Crippen molar-refractivity contribution in [2.45, 2.75) is 5.92 Å². The van der Waals surface area contributed by atoms with Crippen LogP contribution in [0.5, 0.6) is 5.75 Å². The van der Waals surface area contributed by atoms with E-state index in [1.54, 1.807) is 6.08 Å². The quantitative estimate of drug-likeness (QED) is 0.610. The van der Waals surface area contributed by atoms with Crippen molar-refractivity contribution in [2.75, 3.05) is 13.2 Å². The molecule has 4 rings (SSSR count). The minimum absolute atomic E-state index is 0.0242. The Bertz CT molecular complexity index is 1060. The van der Waals surface area contributed by atoms with Crippen molar-refractivity contribution in [3.63, 3.8) is 0 Å². The van der Waals surface area contributed by atoms with Crippen molar-refractivity contribution >= 4 is 12.2 Å². The van der Waals surface area contributed by atoms with Gasteiger partial charge in [-0.1, -0.05) is 60.7 Å². The van der Waals surface area contributed by atoms with Gasteiger partial charge in [-0.05, 0) is 39.9 Å². The summed E-state index contributed by atoms with van der Waals surface area (Å²) in [7, 11) is 0. The smallest absolute Gasteiger partial charge is 0.407 e. The number of phenols is 1. The predicted molar refractivity (Wildman–Crippen MR) is 110 cm³/mol. The number of amides is 1. The van der Waals surface area contributed by atoms with Crippen LogP contribution >= 0.6 is 0 Å². The molecule has 6 heteroatoms. The minimum atomic E-state index is -1.29. The highest BCUT2D eigenvalue weighted by atomic mass is 19.2. The molecule has 152 valence electrons. The lowest BCUT2D eigenvalue weighted by molar-refractivity contribution is 0.144. The van der Waals surface area contributed by atoms with Gasteiger partial charge in [0.05, 0.1) is 0 Å². The number of hydrogen-bond acceptors (Lipinski definition) is 3. The van der Waals surface area contributed by atoms with Gasteiger partial charge in [0.1, 0.15) is 6.61 Å². The number of hydrogen-bond donors (Lipinski definition) is 2. The Balaban J connectivity index is 1.34. The Morgan fingerprint density at radius 2 is 1.67 bits per heavy atom. The SMILES string of the molecule is O=C(NCC=Cc1cc(O)c(F)c(F)c1)OCC1c2ccccc2-c2ccccc21. The van der Waals surface area contributed by atoms with Crippen LogP contribution in [0.4, 0.5) is 13.6 Å². The van der Waals surface area contributed by atoms with Gasteiger partial charge in [-0.3, -0.25) is 0 Å². The van der Waals surface area contributed by atoms with Gasteiger partial charge in [0.25, 0.3) is 0 Å². The van der Waals surface area contributed by atoms with Crippen LogP contribution in [-0.4, -0.2) is 24.4 Å². The van der Waals surface area contributed by atoms with Gasteiger partial charge in [-0.25, -0.2) is 9.18 Å². The van der Waals surface area contributed by atoms with E-state index in [4.69, 9.17) is 4.74 Å². The minimum Gasteiger partial charge on any atom is -0.505 e. The molecule has 0 saturated carbocycles. The largest absolute Gasteiger partial charge is 0.505 e. The number of ether oxygens (including phenoxy) is 1. The van der Waals surface area contributed by atoms with E-state index in [9.17, 15) is 18.7 Å². The van der Waals surface area contributed by atoms with Crippen LogP contribution in [0, 0.1) is 11.6 Å². The molecule has 30 heavy (non-hydrogen) atoms. The zero-order valence-electron chi connectivity index (χ0n) is 15.9. The van der Waals surface area contributed by atoms with E-state index in [0.717, 1.165) is 34.4 Å². The molecule has 0 aromatic heterocycles. The summed E-state index contributed by atoms with van der Waals surface area (Å²) in [6.45, 7) is 0.344. The van der Waals surface area contributed by atoms with Crippen molar-refractivity contribution in [2.24, 2.45) is 0 Å².